The van der Waals surface area contributed by atoms with Gasteiger partial charge in [-0.1, -0.05) is 38.5 Å². The number of likely N-dealkylation sites (N-methyl/N-ethyl adjacent to an activating group) is 1. The molecule has 0 aliphatic carbocycles. The Kier molecular flexibility index (Phi) is 26.8. The lowest BCUT2D eigenvalue weighted by Gasteiger charge is -2.10. The second kappa shape index (κ2) is 28.5. The van der Waals surface area contributed by atoms with Gasteiger partial charge in [-0.15, -0.1) is 0 Å². The zero-order valence-corrected chi connectivity index (χ0v) is 25.6. The molecule has 0 saturated carbocycles. The van der Waals surface area contributed by atoms with E-state index < -0.39 is 18.0 Å². The first-order chi connectivity index (χ1) is 20.3. The van der Waals surface area contributed by atoms with Gasteiger partial charge in [0.25, 0.3) is 0 Å². The molecule has 0 aromatic carbocycles. The average molecular weight is 602 g/mol. The number of carboxylic acids is 2. The first-order valence-corrected chi connectivity index (χ1v) is 15.6. The van der Waals surface area contributed by atoms with Gasteiger partial charge in [-0.05, 0) is 45.6 Å². The molecule has 12 heteroatoms. The summed E-state index contributed by atoms with van der Waals surface area (Å²) in [5.41, 5.74) is 0. The maximum absolute atomic E-state index is 12.0. The quantitative estimate of drug-likeness (QED) is 0.0741. The van der Waals surface area contributed by atoms with Crippen molar-refractivity contribution in [2.24, 2.45) is 0 Å². The van der Waals surface area contributed by atoms with Gasteiger partial charge in [-0.3, -0.25) is 24.0 Å². The van der Waals surface area contributed by atoms with E-state index in [9.17, 15) is 24.0 Å². The van der Waals surface area contributed by atoms with E-state index >= 15 is 0 Å². The first kappa shape index (κ1) is 39.4. The second-order valence-electron chi connectivity index (χ2n) is 10.5. The molecule has 12 nitrogen and oxygen atoms in total. The Morgan fingerprint density at radius 1 is 0.571 bits per heavy atom. The van der Waals surface area contributed by atoms with Crippen LogP contribution in [0.4, 0.5) is 0 Å². The summed E-state index contributed by atoms with van der Waals surface area (Å²) in [6.07, 6.45) is 11.9. The normalized spacial score (nSPS) is 11.6. The Morgan fingerprint density at radius 2 is 1.14 bits per heavy atom. The smallest absolute Gasteiger partial charge is 0.320 e. The predicted octanol–water partition coefficient (Wildman–Crippen LogP) is 3.21. The van der Waals surface area contributed by atoms with E-state index in [1.54, 1.807) is 7.05 Å². The fourth-order valence-electron chi connectivity index (χ4n) is 4.23. The van der Waals surface area contributed by atoms with E-state index in [0.29, 0.717) is 78.0 Å². The number of nitrogens with one attached hydrogen (secondary N) is 3. The van der Waals surface area contributed by atoms with Crippen LogP contribution in [0.2, 0.25) is 0 Å². The number of ether oxygens (including phenoxy) is 2. The number of ketones is 1. The number of aliphatic carboxylic acids is 2. The molecular formula is C30H55N3O9. The molecule has 0 aromatic rings. The molecule has 0 heterocycles. The van der Waals surface area contributed by atoms with Crippen molar-refractivity contribution in [3.8, 4) is 0 Å². The van der Waals surface area contributed by atoms with Crippen LogP contribution in [0.1, 0.15) is 109 Å². The Labute approximate surface area is 251 Å². The molecule has 0 spiro atoms. The molecule has 2 amide bonds. The Bertz CT molecular complexity index is 750. The highest BCUT2D eigenvalue weighted by Gasteiger charge is 2.13. The lowest BCUT2D eigenvalue weighted by Crippen LogP contribution is -2.33. The van der Waals surface area contributed by atoms with Crippen LogP contribution < -0.4 is 16.0 Å². The number of carbonyl (C=O) groups is 5. The van der Waals surface area contributed by atoms with Crippen LogP contribution in [-0.2, 0) is 33.4 Å². The molecule has 244 valence electrons. The standard InChI is InChI=1S/C30H55N3O9/c1-31-26(30(39)40)14-10-11-19-32-28(36)18-17-25(34)13-12-21-41-23-24-42-22-20-33-27(35)15-8-6-4-2-3-5-7-9-16-29(37)38/h26,31H,2-24H2,1H3,(H,32,36)(H,33,35)(H,37,38)(H,39,40)/t26-/m0/s1. The van der Waals surface area contributed by atoms with Gasteiger partial charge in [0.2, 0.25) is 11.8 Å². The van der Waals surface area contributed by atoms with Crippen molar-refractivity contribution in [1.29, 1.82) is 0 Å². The highest BCUT2D eigenvalue weighted by Crippen LogP contribution is 2.10. The zero-order valence-electron chi connectivity index (χ0n) is 25.6. The van der Waals surface area contributed by atoms with E-state index in [0.717, 1.165) is 51.4 Å². The van der Waals surface area contributed by atoms with Crippen molar-refractivity contribution >= 4 is 29.5 Å². The molecule has 0 fully saturated rings. The van der Waals surface area contributed by atoms with Gasteiger partial charge in [0.15, 0.2) is 0 Å². The van der Waals surface area contributed by atoms with E-state index in [2.05, 4.69) is 16.0 Å². The summed E-state index contributed by atoms with van der Waals surface area (Å²) in [5, 5.41) is 25.9. The fourth-order valence-corrected chi connectivity index (χ4v) is 4.23. The van der Waals surface area contributed by atoms with Crippen molar-refractivity contribution in [3.63, 3.8) is 0 Å². The minimum absolute atomic E-state index is 0.0176. The summed E-state index contributed by atoms with van der Waals surface area (Å²) in [4.78, 5) is 57.0. The van der Waals surface area contributed by atoms with Crippen LogP contribution in [0.25, 0.3) is 0 Å². The predicted molar refractivity (Wildman–Crippen MR) is 159 cm³/mol. The Hall–Kier alpha value is -2.57. The Morgan fingerprint density at radius 3 is 1.76 bits per heavy atom. The number of carboxylic acid groups (broad SMARTS) is 2. The summed E-state index contributed by atoms with van der Waals surface area (Å²) in [7, 11) is 1.61. The second-order valence-corrected chi connectivity index (χ2v) is 10.5. The Balaban J connectivity index is 3.42. The summed E-state index contributed by atoms with van der Waals surface area (Å²) in [6.45, 7) is 2.59. The largest absolute Gasteiger partial charge is 0.481 e. The van der Waals surface area contributed by atoms with Gasteiger partial charge in [-0.2, -0.15) is 0 Å². The fraction of sp³-hybridized carbons (Fsp3) is 0.833. The molecule has 0 rings (SSSR count). The lowest BCUT2D eigenvalue weighted by molar-refractivity contribution is -0.139. The molecule has 0 aromatic heterocycles. The van der Waals surface area contributed by atoms with E-state index in [1.165, 1.54) is 0 Å². The molecule has 0 aliphatic rings. The number of rotatable bonds is 31. The maximum atomic E-state index is 12.0. The maximum Gasteiger partial charge on any atom is 0.320 e. The van der Waals surface area contributed by atoms with Crippen LogP contribution in [0.3, 0.4) is 0 Å². The summed E-state index contributed by atoms with van der Waals surface area (Å²) in [6, 6.07) is -0.576. The summed E-state index contributed by atoms with van der Waals surface area (Å²) in [5.74, 6) is -1.74. The van der Waals surface area contributed by atoms with Gasteiger partial charge in [0.05, 0.1) is 19.8 Å². The van der Waals surface area contributed by atoms with Crippen molar-refractivity contribution in [1.82, 2.24) is 16.0 Å². The molecule has 5 N–H and O–H groups in total. The SMILES string of the molecule is CN[C@@H](CCCCNC(=O)CCC(=O)CCCOCCOCCNC(=O)CCCCCCCCCCC(=O)O)C(=O)O. The van der Waals surface area contributed by atoms with Crippen molar-refractivity contribution in [2.45, 2.75) is 115 Å². The minimum atomic E-state index is -0.883. The summed E-state index contributed by atoms with van der Waals surface area (Å²) < 4.78 is 10.9. The highest BCUT2D eigenvalue weighted by molar-refractivity contribution is 5.84. The van der Waals surface area contributed by atoms with Crippen LogP contribution in [0.15, 0.2) is 0 Å². The molecule has 1 atom stereocenters. The molecule has 0 unspecified atom stereocenters. The van der Waals surface area contributed by atoms with E-state index in [1.807, 2.05) is 0 Å². The first-order valence-electron chi connectivity index (χ1n) is 15.6. The molecule has 0 bridgehead atoms. The highest BCUT2D eigenvalue weighted by atomic mass is 16.5. The van der Waals surface area contributed by atoms with Crippen molar-refractivity contribution in [3.05, 3.63) is 0 Å². The van der Waals surface area contributed by atoms with E-state index in [4.69, 9.17) is 19.7 Å². The van der Waals surface area contributed by atoms with Crippen molar-refractivity contribution in [2.75, 3.05) is 46.6 Å². The summed E-state index contributed by atoms with van der Waals surface area (Å²) >= 11 is 0. The monoisotopic (exact) mass is 601 g/mol. The number of amides is 2. The van der Waals surface area contributed by atoms with Gasteiger partial charge in [0.1, 0.15) is 11.8 Å². The molecule has 42 heavy (non-hydrogen) atoms. The zero-order chi connectivity index (χ0) is 31.3. The third-order valence-corrected chi connectivity index (χ3v) is 6.75. The molecule has 0 aliphatic heterocycles. The number of Topliss-reactive ketones (excluding diaryl/α,β-unsaturated/α-hetero) is 1. The molecule has 0 radical (unpaired) electrons. The molecule has 0 saturated heterocycles. The number of unbranched alkanes of at least 4 members (excludes halogenated alkanes) is 8. The number of hydrogen-bond acceptors (Lipinski definition) is 8. The van der Waals surface area contributed by atoms with Gasteiger partial charge in [-0.25, -0.2) is 0 Å². The number of hydrogen-bond donors (Lipinski definition) is 5. The molecular weight excluding hydrogens is 546 g/mol. The van der Waals surface area contributed by atoms with Gasteiger partial charge < -0.3 is 35.6 Å². The third kappa shape index (κ3) is 27.6. The van der Waals surface area contributed by atoms with Crippen LogP contribution in [-0.4, -0.2) is 92.4 Å². The number of carbonyl (C=O) groups excluding carboxylic acids is 3. The van der Waals surface area contributed by atoms with Crippen LogP contribution >= 0.6 is 0 Å². The van der Waals surface area contributed by atoms with Gasteiger partial charge in [0, 0.05) is 51.8 Å². The van der Waals surface area contributed by atoms with Crippen LogP contribution in [0, 0.1) is 0 Å². The van der Waals surface area contributed by atoms with Crippen LogP contribution in [0.5, 0.6) is 0 Å². The lowest BCUT2D eigenvalue weighted by atomic mass is 10.1. The minimum Gasteiger partial charge on any atom is -0.481 e. The van der Waals surface area contributed by atoms with Gasteiger partial charge >= 0.3 is 11.9 Å². The van der Waals surface area contributed by atoms with Crippen molar-refractivity contribution < 1.29 is 43.7 Å². The topological polar surface area (TPSA) is 180 Å². The third-order valence-electron chi connectivity index (χ3n) is 6.75. The average Bonchev–Trinajstić information content (AvgIpc) is 2.95. The van der Waals surface area contributed by atoms with E-state index in [-0.39, 0.29) is 36.9 Å².